The van der Waals surface area contributed by atoms with Gasteiger partial charge >= 0.3 is 26.2 Å². The molecule has 3 aromatic carbocycles. The minimum atomic E-state index is 0. The molecule has 134 valence electrons. The molecule has 0 aromatic heterocycles. The van der Waals surface area contributed by atoms with Crippen LogP contribution in [-0.2, 0) is 39.0 Å². The van der Waals surface area contributed by atoms with Gasteiger partial charge in [-0.05, 0) is 6.42 Å². The summed E-state index contributed by atoms with van der Waals surface area (Å²) >= 11 is 0. The van der Waals surface area contributed by atoms with Crippen molar-refractivity contribution in [2.24, 2.45) is 0 Å². The molecule has 0 fully saturated rings. The van der Waals surface area contributed by atoms with Crippen molar-refractivity contribution in [3.05, 3.63) is 69.8 Å². The molecular weight excluding hydrogens is 515 g/mol. The summed E-state index contributed by atoms with van der Waals surface area (Å²) in [6, 6.07) is 13.0. The second-order valence-electron chi connectivity index (χ2n) is 6.18. The third-order valence-electron chi connectivity index (χ3n) is 5.03. The summed E-state index contributed by atoms with van der Waals surface area (Å²) in [7, 11) is 0. The number of aryl methyl sites for hydroxylation is 1. The molecule has 0 amide bonds. The van der Waals surface area contributed by atoms with Crippen molar-refractivity contribution in [3.63, 3.8) is 0 Å². The first-order chi connectivity index (χ1) is 10.5. The minimum absolute atomic E-state index is 0. The third kappa shape index (κ3) is 6.29. The van der Waals surface area contributed by atoms with Crippen LogP contribution in [0.2, 0.25) is 0 Å². The van der Waals surface area contributed by atoms with Crippen molar-refractivity contribution in [2.75, 3.05) is 0 Å². The van der Waals surface area contributed by atoms with Gasteiger partial charge in [0.25, 0.3) is 0 Å². The molecule has 0 aliphatic rings. The molecule has 0 saturated carbocycles. The van der Waals surface area contributed by atoms with Gasteiger partial charge in [-0.3, -0.25) is 0 Å². The Balaban J connectivity index is 0. The zero-order valence-electron chi connectivity index (χ0n) is 16.1. The monoisotopic (exact) mass is 540 g/mol. The van der Waals surface area contributed by atoms with Crippen molar-refractivity contribution in [1.29, 1.82) is 0 Å². The van der Waals surface area contributed by atoms with Crippen LogP contribution in [0.5, 0.6) is 0 Å². The molecule has 3 rings (SSSR count). The quantitative estimate of drug-likeness (QED) is 0.409. The number of hydrogen-bond donors (Lipinski definition) is 0. The van der Waals surface area contributed by atoms with Crippen molar-refractivity contribution < 1.29 is 60.2 Å². The molecule has 3 aromatic rings. The fraction of sp³-hybridized carbons (Fsp3) is 0.364. The Morgan fingerprint density at radius 3 is 1.80 bits per heavy atom. The smallest absolute Gasteiger partial charge is 1.00 e. The first-order valence-electron chi connectivity index (χ1n) is 8.35. The van der Waals surface area contributed by atoms with Crippen LogP contribution in [0.4, 0.5) is 0 Å². The average Bonchev–Trinajstić information content (AvgIpc) is 3.04. The number of fused-ring (bicyclic) bond motifs is 1. The zero-order valence-corrected chi connectivity index (χ0v) is 21.8. The van der Waals surface area contributed by atoms with Gasteiger partial charge < -0.3 is 34.0 Å². The van der Waals surface area contributed by atoms with Crippen LogP contribution >= 0.6 is 0 Å². The van der Waals surface area contributed by atoms with Gasteiger partial charge in [0.05, 0.1) is 0 Å². The van der Waals surface area contributed by atoms with Crippen molar-refractivity contribution in [1.82, 2.24) is 0 Å². The van der Waals surface area contributed by atoms with Crippen LogP contribution in [0.25, 0.3) is 10.8 Å². The van der Waals surface area contributed by atoms with E-state index in [1.807, 2.05) is 0 Å². The first kappa shape index (κ1) is 27.2. The van der Waals surface area contributed by atoms with Crippen LogP contribution in [0.3, 0.4) is 0 Å². The Morgan fingerprint density at radius 2 is 1.40 bits per heavy atom. The molecule has 0 spiro atoms. The predicted molar refractivity (Wildman–Crippen MR) is 99.3 cm³/mol. The Bertz CT molecular complexity index is 707. The SMILES string of the molecule is CC[c-]1c(C)c(C)c(C)c1C.CCc1cc2ccccc2[cH-]1.[Br-].[Br-].[Zr+4]. The van der Waals surface area contributed by atoms with Crippen LogP contribution in [-0.4, -0.2) is 0 Å². The molecule has 0 N–H and O–H groups in total. The number of benzene rings is 1. The van der Waals surface area contributed by atoms with E-state index < -0.39 is 0 Å². The van der Waals surface area contributed by atoms with Crippen LogP contribution in [0.1, 0.15) is 47.2 Å². The summed E-state index contributed by atoms with van der Waals surface area (Å²) in [5.74, 6) is 0. The maximum absolute atomic E-state index is 2.26. The third-order valence-corrected chi connectivity index (χ3v) is 5.03. The molecule has 3 heteroatoms. The van der Waals surface area contributed by atoms with Crippen molar-refractivity contribution >= 4 is 10.8 Å². The zero-order chi connectivity index (χ0) is 16.3. The van der Waals surface area contributed by atoms with Gasteiger partial charge in [-0.25, -0.2) is 0 Å². The number of rotatable bonds is 2. The maximum atomic E-state index is 2.26. The molecular formula is C22H28Br2Zr. The molecule has 25 heavy (non-hydrogen) atoms. The minimum Gasteiger partial charge on any atom is -1.00 e. The molecule has 0 saturated heterocycles. The van der Waals surface area contributed by atoms with E-state index >= 15 is 0 Å². The standard InChI is InChI=1S/C11H11.C11H17.2BrH.Zr/c1-2-9-7-10-5-3-4-6-11(10)8-9;1-6-11-9(4)7(2)8(3)10(11)5;;;/h3-8H,2H2,1H3;6H2,1-5H3;2*1H;/q2*-1;;;+4/p-2. The van der Waals surface area contributed by atoms with Crippen LogP contribution in [0, 0.1) is 27.7 Å². The molecule has 0 bridgehead atoms. The molecule has 0 radical (unpaired) electrons. The van der Waals surface area contributed by atoms with Gasteiger partial charge in [0, 0.05) is 0 Å². The van der Waals surface area contributed by atoms with E-state index in [9.17, 15) is 0 Å². The van der Waals surface area contributed by atoms with Gasteiger partial charge in [-0.15, -0.1) is 40.6 Å². The molecule has 0 nitrogen and oxygen atoms in total. The van der Waals surface area contributed by atoms with Crippen LogP contribution < -0.4 is 34.0 Å². The van der Waals surface area contributed by atoms with Crippen LogP contribution in [0.15, 0.2) is 36.4 Å². The summed E-state index contributed by atoms with van der Waals surface area (Å²) in [5.41, 5.74) is 8.97. The fourth-order valence-corrected chi connectivity index (χ4v) is 3.25. The first-order valence-corrected chi connectivity index (χ1v) is 8.35. The largest absolute Gasteiger partial charge is 4.00 e. The van der Waals surface area contributed by atoms with Crippen molar-refractivity contribution in [3.8, 4) is 0 Å². The Morgan fingerprint density at radius 1 is 0.880 bits per heavy atom. The van der Waals surface area contributed by atoms with Gasteiger partial charge in [-0.1, -0.05) is 54.0 Å². The van der Waals surface area contributed by atoms with E-state index in [1.54, 1.807) is 5.56 Å². The summed E-state index contributed by atoms with van der Waals surface area (Å²) in [6.45, 7) is 13.3. The second-order valence-corrected chi connectivity index (χ2v) is 6.18. The summed E-state index contributed by atoms with van der Waals surface area (Å²) in [6.07, 6.45) is 2.31. The molecule has 0 atom stereocenters. The van der Waals surface area contributed by atoms with E-state index in [0.29, 0.717) is 0 Å². The fourth-order valence-electron chi connectivity index (χ4n) is 3.25. The van der Waals surface area contributed by atoms with Gasteiger partial charge in [0.1, 0.15) is 0 Å². The maximum Gasteiger partial charge on any atom is 4.00 e. The Labute approximate surface area is 193 Å². The van der Waals surface area contributed by atoms with E-state index in [0.717, 1.165) is 6.42 Å². The second kappa shape index (κ2) is 12.4. The summed E-state index contributed by atoms with van der Waals surface area (Å²) in [4.78, 5) is 0. The van der Waals surface area contributed by atoms with E-state index in [-0.39, 0.29) is 60.2 Å². The molecule has 0 unspecified atom stereocenters. The average molecular weight is 543 g/mol. The van der Waals surface area contributed by atoms with Crippen molar-refractivity contribution in [2.45, 2.75) is 54.4 Å². The van der Waals surface area contributed by atoms with Gasteiger partial charge in [-0.2, -0.15) is 33.9 Å². The topological polar surface area (TPSA) is 0 Å². The van der Waals surface area contributed by atoms with E-state index in [4.69, 9.17) is 0 Å². The number of halogens is 2. The normalized spacial score (nSPS) is 9.36. The molecule has 0 heterocycles. The van der Waals surface area contributed by atoms with Gasteiger partial charge in [0.2, 0.25) is 0 Å². The van der Waals surface area contributed by atoms with E-state index in [1.165, 1.54) is 45.0 Å². The molecule has 0 aliphatic carbocycles. The van der Waals surface area contributed by atoms with E-state index in [2.05, 4.69) is 77.9 Å². The predicted octanol–water partition coefficient (Wildman–Crippen LogP) is 0.328. The summed E-state index contributed by atoms with van der Waals surface area (Å²) < 4.78 is 0. The Kier molecular flexibility index (Phi) is 13.5. The Hall–Kier alpha value is 0.0231. The molecule has 0 aliphatic heterocycles. The van der Waals surface area contributed by atoms with Gasteiger partial charge in [0.15, 0.2) is 0 Å². The number of hydrogen-bond acceptors (Lipinski definition) is 0. The summed E-state index contributed by atoms with van der Waals surface area (Å²) in [5, 5.41) is 2.73.